The zero-order valence-electron chi connectivity index (χ0n) is 20.6. The van der Waals surface area contributed by atoms with Crippen LogP contribution in [0.3, 0.4) is 0 Å². The van der Waals surface area contributed by atoms with Crippen LogP contribution in [0.5, 0.6) is 5.75 Å². The van der Waals surface area contributed by atoms with Gasteiger partial charge in [0.1, 0.15) is 5.75 Å². The number of aromatic hydroxyl groups is 1. The summed E-state index contributed by atoms with van der Waals surface area (Å²) in [7, 11) is 1.53. The van der Waals surface area contributed by atoms with E-state index in [2.05, 4.69) is 6.08 Å². The third-order valence-electron chi connectivity index (χ3n) is 9.24. The van der Waals surface area contributed by atoms with E-state index in [9.17, 15) is 24.3 Å². The molecule has 0 spiro atoms. The van der Waals surface area contributed by atoms with Gasteiger partial charge in [-0.2, -0.15) is 0 Å². The Balaban J connectivity index is 1.77. The predicted molar refractivity (Wildman–Crippen MR) is 126 cm³/mol. The topological polar surface area (TPSA) is 91.8 Å². The van der Waals surface area contributed by atoms with E-state index in [1.165, 1.54) is 11.9 Å². The van der Waals surface area contributed by atoms with Crippen molar-refractivity contribution in [3.8, 4) is 5.75 Å². The molecule has 1 N–H and O–H groups in total. The first kappa shape index (κ1) is 22.8. The third-order valence-corrected chi connectivity index (χ3v) is 9.24. The molecule has 1 saturated heterocycles. The number of ketones is 2. The Bertz CT molecular complexity index is 1230. The normalized spacial score (nSPS) is 35.3. The number of benzene rings is 1. The van der Waals surface area contributed by atoms with Crippen molar-refractivity contribution in [2.75, 3.05) is 7.05 Å². The molecule has 6 atom stereocenters. The number of fused-ring (bicyclic) bond motifs is 4. The Morgan fingerprint density at radius 1 is 0.941 bits per heavy atom. The molecule has 1 saturated carbocycles. The minimum Gasteiger partial charge on any atom is -0.507 e. The largest absolute Gasteiger partial charge is 0.507 e. The second kappa shape index (κ2) is 7.24. The number of likely N-dealkylation sites (tertiary alicyclic amines) is 1. The van der Waals surface area contributed by atoms with E-state index >= 15 is 0 Å². The Kier molecular flexibility index (Phi) is 4.84. The molecular formula is C28H31NO5. The van der Waals surface area contributed by atoms with Crippen molar-refractivity contribution in [3.05, 3.63) is 51.6 Å². The molecule has 34 heavy (non-hydrogen) atoms. The van der Waals surface area contributed by atoms with Gasteiger partial charge in [0.15, 0.2) is 11.6 Å². The monoisotopic (exact) mass is 461 g/mol. The molecule has 4 aliphatic rings. The quantitative estimate of drug-likeness (QED) is 0.508. The van der Waals surface area contributed by atoms with Crippen molar-refractivity contribution in [1.29, 1.82) is 0 Å². The summed E-state index contributed by atoms with van der Waals surface area (Å²) >= 11 is 0. The molecular weight excluding hydrogens is 430 g/mol. The van der Waals surface area contributed by atoms with Crippen LogP contribution in [0.25, 0.3) is 0 Å². The third kappa shape index (κ3) is 2.68. The van der Waals surface area contributed by atoms with Crippen LogP contribution in [0.2, 0.25) is 0 Å². The van der Waals surface area contributed by atoms with Crippen LogP contribution in [-0.2, 0) is 19.2 Å². The van der Waals surface area contributed by atoms with Gasteiger partial charge in [0.25, 0.3) is 0 Å². The fourth-order valence-corrected chi connectivity index (χ4v) is 7.27. The van der Waals surface area contributed by atoms with Crippen LogP contribution in [0.4, 0.5) is 0 Å². The number of hydrogen-bond acceptors (Lipinski definition) is 5. The molecule has 6 heteroatoms. The van der Waals surface area contributed by atoms with Gasteiger partial charge in [0.05, 0.1) is 17.3 Å². The van der Waals surface area contributed by atoms with Crippen molar-refractivity contribution < 1.29 is 24.3 Å². The minimum atomic E-state index is -0.997. The van der Waals surface area contributed by atoms with Gasteiger partial charge < -0.3 is 5.11 Å². The highest BCUT2D eigenvalue weighted by atomic mass is 16.3. The first-order chi connectivity index (χ1) is 15.9. The molecule has 1 aromatic carbocycles. The lowest BCUT2D eigenvalue weighted by atomic mass is 9.46. The van der Waals surface area contributed by atoms with Gasteiger partial charge in [-0.05, 0) is 74.3 Å². The lowest BCUT2D eigenvalue weighted by Crippen LogP contribution is -2.55. The highest BCUT2D eigenvalue weighted by Crippen LogP contribution is 2.63. The van der Waals surface area contributed by atoms with Crippen LogP contribution in [-0.4, -0.2) is 40.4 Å². The van der Waals surface area contributed by atoms with Gasteiger partial charge in [-0.3, -0.25) is 24.1 Å². The summed E-state index contributed by atoms with van der Waals surface area (Å²) in [5, 5.41) is 10.4. The molecule has 1 aliphatic heterocycles. The van der Waals surface area contributed by atoms with Gasteiger partial charge in [-0.1, -0.05) is 30.7 Å². The van der Waals surface area contributed by atoms with Gasteiger partial charge in [0, 0.05) is 18.9 Å². The zero-order valence-corrected chi connectivity index (χ0v) is 20.6. The Morgan fingerprint density at radius 3 is 2.18 bits per heavy atom. The van der Waals surface area contributed by atoms with Gasteiger partial charge in [-0.25, -0.2) is 0 Å². The number of Topliss-reactive ketones (excluding diaryl/α,β-unsaturated/α-hetero) is 2. The van der Waals surface area contributed by atoms with Gasteiger partial charge >= 0.3 is 0 Å². The van der Waals surface area contributed by atoms with Crippen LogP contribution < -0.4 is 0 Å². The van der Waals surface area contributed by atoms with Crippen molar-refractivity contribution in [1.82, 2.24) is 4.90 Å². The van der Waals surface area contributed by atoms with E-state index in [4.69, 9.17) is 0 Å². The molecule has 0 aromatic heterocycles. The number of aryl methyl sites for hydroxylation is 2. The number of phenols is 1. The standard InChI is InChI=1S/C28H31NO5/c1-12-9-16(10-13(2)23(12)30)22-17-7-8-18-21(27(34)29(6)26(18)33)19(17)11-20-24(31)14(3)15(4)25(32)28(20,22)5/h7,9-10,18-22,30H,8,11H2,1-6H3/t18-,19+,20-,21-,22-,28+/m0/s1. The SMILES string of the molecule is CC1=C(C)C(=O)[C@@]2(C)[C@@H](c3cc(C)c(O)c(C)c3)C3=CC[C@@H]4C(=O)N(C)C(=O)[C@@H]4[C@@H]3C[C@H]2C1=O. The number of phenolic OH excluding ortho intramolecular Hbond substituents is 1. The Morgan fingerprint density at radius 2 is 1.56 bits per heavy atom. The lowest BCUT2D eigenvalue weighted by molar-refractivity contribution is -0.142. The van der Waals surface area contributed by atoms with E-state index in [1.54, 1.807) is 13.8 Å². The molecule has 0 radical (unpaired) electrons. The summed E-state index contributed by atoms with van der Waals surface area (Å²) < 4.78 is 0. The highest BCUT2D eigenvalue weighted by Gasteiger charge is 2.63. The first-order valence-corrected chi connectivity index (χ1v) is 12.0. The summed E-state index contributed by atoms with van der Waals surface area (Å²) in [6.45, 7) is 8.99. The van der Waals surface area contributed by atoms with Crippen LogP contribution in [0.1, 0.15) is 56.2 Å². The lowest BCUT2D eigenvalue weighted by Gasteiger charge is -2.54. The Labute approximate surface area is 199 Å². The Hall–Kier alpha value is -3.02. The fourth-order valence-electron chi connectivity index (χ4n) is 7.27. The average molecular weight is 462 g/mol. The number of hydrogen-bond donors (Lipinski definition) is 1. The molecule has 5 rings (SSSR count). The number of nitrogens with zero attached hydrogens (tertiary/aromatic N) is 1. The molecule has 1 heterocycles. The number of allylic oxidation sites excluding steroid dienone is 4. The first-order valence-electron chi connectivity index (χ1n) is 12.0. The second-order valence-electron chi connectivity index (χ2n) is 10.9. The molecule has 178 valence electrons. The van der Waals surface area contributed by atoms with Crippen molar-refractivity contribution in [2.45, 2.75) is 53.4 Å². The average Bonchev–Trinajstić information content (AvgIpc) is 3.03. The van der Waals surface area contributed by atoms with E-state index in [1.807, 2.05) is 32.9 Å². The molecule has 3 aliphatic carbocycles. The van der Waals surface area contributed by atoms with Crippen molar-refractivity contribution in [3.63, 3.8) is 0 Å². The van der Waals surface area contributed by atoms with Crippen LogP contribution in [0, 0.1) is 42.9 Å². The summed E-state index contributed by atoms with van der Waals surface area (Å²) in [4.78, 5) is 54.7. The molecule has 0 unspecified atom stereocenters. The van der Waals surface area contributed by atoms with Crippen LogP contribution in [0.15, 0.2) is 34.9 Å². The summed E-state index contributed by atoms with van der Waals surface area (Å²) in [6, 6.07) is 3.80. The van der Waals surface area contributed by atoms with Crippen molar-refractivity contribution >= 4 is 23.4 Å². The number of carbonyl (C=O) groups excluding carboxylic acids is 4. The number of carbonyl (C=O) groups is 4. The smallest absolute Gasteiger partial charge is 0.233 e. The molecule has 6 nitrogen and oxygen atoms in total. The highest BCUT2D eigenvalue weighted by molar-refractivity contribution is 6.16. The summed E-state index contributed by atoms with van der Waals surface area (Å²) in [6.07, 6.45) is 2.89. The number of amides is 2. The molecule has 2 fully saturated rings. The molecule has 1 aromatic rings. The number of rotatable bonds is 1. The maximum atomic E-state index is 13.9. The molecule has 2 amide bonds. The second-order valence-corrected chi connectivity index (χ2v) is 10.9. The number of imide groups is 1. The van der Waals surface area contributed by atoms with Crippen LogP contribution >= 0.6 is 0 Å². The van der Waals surface area contributed by atoms with E-state index in [0.717, 1.165) is 11.1 Å². The fraction of sp³-hybridized carbons (Fsp3) is 0.500. The maximum Gasteiger partial charge on any atom is 0.233 e. The van der Waals surface area contributed by atoms with E-state index in [-0.39, 0.29) is 35.0 Å². The van der Waals surface area contributed by atoms with E-state index < -0.39 is 29.1 Å². The molecule has 0 bridgehead atoms. The minimum absolute atomic E-state index is 0.0320. The van der Waals surface area contributed by atoms with Gasteiger partial charge in [-0.15, -0.1) is 0 Å². The maximum absolute atomic E-state index is 13.9. The van der Waals surface area contributed by atoms with Crippen molar-refractivity contribution in [2.24, 2.45) is 29.1 Å². The van der Waals surface area contributed by atoms with Gasteiger partial charge in [0.2, 0.25) is 11.8 Å². The van der Waals surface area contributed by atoms with E-state index in [0.29, 0.717) is 35.1 Å². The zero-order chi connectivity index (χ0) is 24.9. The summed E-state index contributed by atoms with van der Waals surface area (Å²) in [5.74, 6) is -2.38. The predicted octanol–water partition coefficient (Wildman–Crippen LogP) is 3.78. The summed E-state index contributed by atoms with van der Waals surface area (Å²) in [5.41, 5.74) is 3.26.